The number of aryl methyl sites for hydroxylation is 1. The van der Waals surface area contributed by atoms with Crippen LogP contribution in [0, 0.1) is 0 Å². The van der Waals surface area contributed by atoms with E-state index in [4.69, 9.17) is 0 Å². The van der Waals surface area contributed by atoms with E-state index in [1.165, 1.54) is 5.56 Å². The van der Waals surface area contributed by atoms with E-state index in [0.29, 0.717) is 0 Å². The summed E-state index contributed by atoms with van der Waals surface area (Å²) in [4.78, 5) is 13.4. The molecule has 0 atom stereocenters. The molecule has 0 spiro atoms. The van der Waals surface area contributed by atoms with Gasteiger partial charge in [-0.15, -0.1) is 0 Å². The van der Waals surface area contributed by atoms with Crippen molar-refractivity contribution in [2.24, 2.45) is 7.05 Å². The van der Waals surface area contributed by atoms with Crippen LogP contribution in [0.15, 0.2) is 43.1 Å². The van der Waals surface area contributed by atoms with Gasteiger partial charge < -0.3 is 9.47 Å². The van der Waals surface area contributed by atoms with E-state index in [1.54, 1.807) is 6.20 Å². The van der Waals surface area contributed by atoms with Crippen molar-refractivity contribution in [2.75, 3.05) is 31.1 Å². The molecule has 124 valence electrons. The summed E-state index contributed by atoms with van der Waals surface area (Å²) in [6.07, 6.45) is 9.43. The molecule has 1 fully saturated rings. The third-order valence-electron chi connectivity index (χ3n) is 4.51. The molecule has 0 radical (unpaired) electrons. The maximum absolute atomic E-state index is 4.44. The number of imidazole rings is 1. The van der Waals surface area contributed by atoms with Gasteiger partial charge in [0.05, 0.1) is 11.9 Å². The van der Waals surface area contributed by atoms with Crippen molar-refractivity contribution in [3.05, 3.63) is 48.7 Å². The third-order valence-corrected chi connectivity index (χ3v) is 4.51. The number of piperazine rings is 1. The Hall–Kier alpha value is -2.67. The number of aromatic amines is 1. The van der Waals surface area contributed by atoms with Crippen molar-refractivity contribution >= 4 is 5.95 Å². The number of rotatable bonds is 4. The Morgan fingerprint density at radius 3 is 2.71 bits per heavy atom. The van der Waals surface area contributed by atoms with Crippen LogP contribution in [0.3, 0.4) is 0 Å². The highest BCUT2D eigenvalue weighted by atomic mass is 15.3. The Kier molecular flexibility index (Phi) is 4.00. The van der Waals surface area contributed by atoms with E-state index in [9.17, 15) is 0 Å². The first-order valence-electron chi connectivity index (χ1n) is 8.18. The van der Waals surface area contributed by atoms with E-state index in [1.807, 2.05) is 37.9 Å². The summed E-state index contributed by atoms with van der Waals surface area (Å²) in [5, 5.41) is 7.34. The van der Waals surface area contributed by atoms with E-state index in [-0.39, 0.29) is 0 Å². The monoisotopic (exact) mass is 323 g/mol. The van der Waals surface area contributed by atoms with Crippen molar-refractivity contribution in [1.82, 2.24) is 29.6 Å². The van der Waals surface area contributed by atoms with Gasteiger partial charge in [-0.05, 0) is 12.1 Å². The second-order valence-corrected chi connectivity index (χ2v) is 6.11. The molecule has 0 bridgehead atoms. The molecular weight excluding hydrogens is 302 g/mol. The summed E-state index contributed by atoms with van der Waals surface area (Å²) < 4.78 is 2.08. The fourth-order valence-corrected chi connectivity index (χ4v) is 3.20. The highest BCUT2D eigenvalue weighted by molar-refractivity contribution is 5.61. The van der Waals surface area contributed by atoms with Crippen molar-refractivity contribution in [3.8, 4) is 11.3 Å². The van der Waals surface area contributed by atoms with Crippen molar-refractivity contribution < 1.29 is 0 Å². The lowest BCUT2D eigenvalue weighted by atomic mass is 10.1. The first kappa shape index (κ1) is 14.9. The Bertz CT molecular complexity index is 784. The molecule has 24 heavy (non-hydrogen) atoms. The summed E-state index contributed by atoms with van der Waals surface area (Å²) in [5.41, 5.74) is 3.36. The van der Waals surface area contributed by atoms with Crippen LogP contribution in [0.1, 0.15) is 5.56 Å². The first-order valence-corrected chi connectivity index (χ1v) is 8.18. The summed E-state index contributed by atoms with van der Waals surface area (Å²) in [7, 11) is 2.04. The predicted octanol–water partition coefficient (Wildman–Crippen LogP) is 1.53. The second kappa shape index (κ2) is 6.45. The van der Waals surface area contributed by atoms with E-state index in [2.05, 4.69) is 40.6 Å². The van der Waals surface area contributed by atoms with Gasteiger partial charge in [0.1, 0.15) is 0 Å². The van der Waals surface area contributed by atoms with Crippen LogP contribution < -0.4 is 4.90 Å². The van der Waals surface area contributed by atoms with Crippen LogP contribution in [0.4, 0.5) is 5.95 Å². The highest BCUT2D eigenvalue weighted by Gasteiger charge is 2.21. The van der Waals surface area contributed by atoms with Gasteiger partial charge in [0.25, 0.3) is 0 Å². The minimum atomic E-state index is 0.898. The molecular formula is C17H21N7. The van der Waals surface area contributed by atoms with E-state index in [0.717, 1.165) is 49.9 Å². The maximum Gasteiger partial charge on any atom is 0.205 e. The molecule has 7 heteroatoms. The van der Waals surface area contributed by atoms with Crippen LogP contribution in [-0.2, 0) is 13.6 Å². The average Bonchev–Trinajstić information content (AvgIpc) is 3.25. The quantitative estimate of drug-likeness (QED) is 0.789. The minimum absolute atomic E-state index is 0.898. The smallest absolute Gasteiger partial charge is 0.205 e. The topological polar surface area (TPSA) is 65.9 Å². The highest BCUT2D eigenvalue weighted by Crippen LogP contribution is 2.22. The van der Waals surface area contributed by atoms with Crippen LogP contribution in [0.5, 0.6) is 0 Å². The van der Waals surface area contributed by atoms with Gasteiger partial charge in [-0.2, -0.15) is 5.10 Å². The summed E-state index contributed by atoms with van der Waals surface area (Å²) in [6.45, 7) is 4.92. The summed E-state index contributed by atoms with van der Waals surface area (Å²) in [6, 6.07) is 4.01. The van der Waals surface area contributed by atoms with Crippen LogP contribution >= 0.6 is 0 Å². The molecule has 0 aromatic carbocycles. The lowest BCUT2D eigenvalue weighted by molar-refractivity contribution is 0.248. The summed E-state index contributed by atoms with van der Waals surface area (Å²) in [5.74, 6) is 1.05. The zero-order chi connectivity index (χ0) is 16.4. The number of nitrogens with zero attached hydrogens (tertiary/aromatic N) is 6. The Balaban J connectivity index is 1.42. The molecule has 1 saturated heterocycles. The van der Waals surface area contributed by atoms with Gasteiger partial charge >= 0.3 is 0 Å². The largest absolute Gasteiger partial charge is 0.340 e. The Labute approximate surface area is 141 Å². The maximum atomic E-state index is 4.44. The van der Waals surface area contributed by atoms with Gasteiger partial charge in [-0.25, -0.2) is 4.98 Å². The molecule has 3 aromatic heterocycles. The average molecular weight is 323 g/mol. The number of pyridine rings is 1. The number of hydrogen-bond donors (Lipinski definition) is 1. The van der Waals surface area contributed by atoms with E-state index >= 15 is 0 Å². The fraction of sp³-hybridized carbons (Fsp3) is 0.353. The number of nitrogens with one attached hydrogen (secondary N) is 1. The normalized spacial score (nSPS) is 15.8. The van der Waals surface area contributed by atoms with Crippen molar-refractivity contribution in [2.45, 2.75) is 6.54 Å². The zero-order valence-electron chi connectivity index (χ0n) is 13.8. The van der Waals surface area contributed by atoms with Crippen molar-refractivity contribution in [3.63, 3.8) is 0 Å². The lowest BCUT2D eigenvalue weighted by Crippen LogP contribution is -2.46. The molecule has 1 N–H and O–H groups in total. The minimum Gasteiger partial charge on any atom is -0.340 e. The SMILES string of the molecule is Cn1ccnc1N1CCN(Cc2cn[nH]c2-c2cccnc2)CC1. The molecule has 0 saturated carbocycles. The molecule has 4 heterocycles. The molecule has 7 nitrogen and oxygen atoms in total. The molecule has 4 rings (SSSR count). The van der Waals surface area contributed by atoms with E-state index < -0.39 is 0 Å². The molecule has 0 amide bonds. The molecule has 1 aliphatic rings. The fourth-order valence-electron chi connectivity index (χ4n) is 3.20. The molecule has 3 aromatic rings. The van der Waals surface area contributed by atoms with Gasteiger partial charge in [0.2, 0.25) is 5.95 Å². The Morgan fingerprint density at radius 2 is 2.00 bits per heavy atom. The van der Waals surface area contributed by atoms with Gasteiger partial charge in [0, 0.05) is 75.7 Å². The molecule has 1 aliphatic heterocycles. The van der Waals surface area contributed by atoms with Gasteiger partial charge in [-0.1, -0.05) is 0 Å². The predicted molar refractivity (Wildman–Crippen MR) is 92.5 cm³/mol. The standard InChI is InChI=1S/C17H21N7/c1-22-6-5-19-17(22)24-9-7-23(8-10-24)13-15-12-20-21-16(15)14-3-2-4-18-11-14/h2-6,11-12H,7-10,13H2,1H3,(H,20,21). The van der Waals surface area contributed by atoms with Crippen molar-refractivity contribution in [1.29, 1.82) is 0 Å². The lowest BCUT2D eigenvalue weighted by Gasteiger charge is -2.35. The van der Waals surface area contributed by atoms with Crippen LogP contribution in [0.2, 0.25) is 0 Å². The van der Waals surface area contributed by atoms with Gasteiger partial charge in [0.15, 0.2) is 0 Å². The number of H-pyrrole nitrogens is 1. The first-order chi connectivity index (χ1) is 11.8. The number of anilines is 1. The summed E-state index contributed by atoms with van der Waals surface area (Å²) >= 11 is 0. The molecule has 0 aliphatic carbocycles. The number of hydrogen-bond acceptors (Lipinski definition) is 5. The molecule has 0 unspecified atom stereocenters. The Morgan fingerprint density at radius 1 is 1.12 bits per heavy atom. The zero-order valence-corrected chi connectivity index (χ0v) is 13.8. The number of aromatic nitrogens is 5. The second-order valence-electron chi connectivity index (χ2n) is 6.11. The van der Waals surface area contributed by atoms with Gasteiger partial charge in [-0.3, -0.25) is 15.0 Å². The van der Waals surface area contributed by atoms with Crippen LogP contribution in [0.25, 0.3) is 11.3 Å². The van der Waals surface area contributed by atoms with Crippen LogP contribution in [-0.4, -0.2) is 55.8 Å². The third kappa shape index (κ3) is 2.90.